The molecule has 2 atom stereocenters. The van der Waals surface area contributed by atoms with Crippen LogP contribution in [0, 0.1) is 5.92 Å². The number of hydrogen-bond acceptors (Lipinski definition) is 7. The highest BCUT2D eigenvalue weighted by Crippen LogP contribution is 2.35. The number of carbonyl (C=O) groups is 3. The summed E-state index contributed by atoms with van der Waals surface area (Å²) in [6.45, 7) is 12.8. The minimum Gasteiger partial charge on any atom is -0.497 e. The Morgan fingerprint density at radius 3 is 2.23 bits per heavy atom. The highest BCUT2D eigenvalue weighted by Gasteiger charge is 2.36. The van der Waals surface area contributed by atoms with Gasteiger partial charge < -0.3 is 24.4 Å². The zero-order valence-electron chi connectivity index (χ0n) is 24.6. The van der Waals surface area contributed by atoms with E-state index in [1.165, 1.54) is 5.56 Å². The highest BCUT2D eigenvalue weighted by molar-refractivity contribution is 6.07. The van der Waals surface area contributed by atoms with Gasteiger partial charge in [-0.25, -0.2) is 14.5 Å². The fourth-order valence-electron chi connectivity index (χ4n) is 5.15. The Morgan fingerprint density at radius 1 is 0.950 bits per heavy atom. The number of rotatable bonds is 5. The number of ether oxygens (including phenoxy) is 3. The number of amides is 3. The van der Waals surface area contributed by atoms with Gasteiger partial charge in [0, 0.05) is 36.8 Å². The number of likely N-dealkylation sites (tertiary alicyclic amines) is 1. The molecule has 0 aromatic heterocycles. The molecule has 0 radical (unpaired) electrons. The van der Waals surface area contributed by atoms with Crippen molar-refractivity contribution in [3.05, 3.63) is 59.2 Å². The molecule has 1 saturated heterocycles. The smallest absolute Gasteiger partial charge is 0.417 e. The molecule has 1 N–H and O–H groups in total. The molecule has 3 amide bonds. The van der Waals surface area contributed by atoms with Gasteiger partial charge in [0.25, 0.3) is 5.91 Å². The molecule has 9 nitrogen and oxygen atoms in total. The van der Waals surface area contributed by atoms with Crippen LogP contribution in [0.4, 0.5) is 15.3 Å². The molecule has 2 aromatic rings. The Morgan fingerprint density at radius 2 is 1.60 bits per heavy atom. The van der Waals surface area contributed by atoms with E-state index in [0.29, 0.717) is 25.2 Å². The molecule has 2 aliphatic rings. The number of methoxy groups -OCH3 is 1. The second kappa shape index (κ2) is 11.4. The monoisotopic (exact) mass is 551 g/mol. The minimum absolute atomic E-state index is 0.0943. The van der Waals surface area contributed by atoms with Crippen LogP contribution in [-0.2, 0) is 16.0 Å². The molecule has 0 bridgehead atoms. The summed E-state index contributed by atoms with van der Waals surface area (Å²) in [6.07, 6.45) is -0.156. The van der Waals surface area contributed by atoms with Crippen LogP contribution in [-0.4, -0.2) is 65.8 Å². The van der Waals surface area contributed by atoms with E-state index in [1.54, 1.807) is 38.8 Å². The maximum Gasteiger partial charge on any atom is 0.417 e. The quantitative estimate of drug-likeness (QED) is 0.484. The first kappa shape index (κ1) is 29.2. The van der Waals surface area contributed by atoms with E-state index in [1.807, 2.05) is 45.0 Å². The van der Waals surface area contributed by atoms with Crippen molar-refractivity contribution < 1.29 is 28.6 Å². The number of nitrogens with zero attached hydrogens (tertiary/aromatic N) is 2. The number of fused-ring (bicyclic) bond motifs is 1. The second-order valence-electron chi connectivity index (χ2n) is 12.5. The average molecular weight is 552 g/mol. The maximum absolute atomic E-state index is 13.0. The van der Waals surface area contributed by atoms with E-state index in [9.17, 15) is 14.4 Å². The third kappa shape index (κ3) is 7.06. The van der Waals surface area contributed by atoms with Crippen LogP contribution in [0.2, 0.25) is 0 Å². The summed E-state index contributed by atoms with van der Waals surface area (Å²) in [5.41, 5.74) is 1.98. The molecule has 40 heavy (non-hydrogen) atoms. The van der Waals surface area contributed by atoms with Crippen LogP contribution in [0.25, 0.3) is 0 Å². The first-order chi connectivity index (χ1) is 18.7. The highest BCUT2D eigenvalue weighted by atomic mass is 16.6. The Bertz CT molecular complexity index is 1250. The number of benzene rings is 2. The standard InChI is InChI=1S/C31H41N3O6/c1-30(2,3)39-28(36)33-15-14-25(20-9-12-24(38-7)13-10-20)22(18-33)17-32-23-11-8-21-19-34(27(35)26(21)16-23)29(37)40-31(4,5)6/h8-13,16,22,25,32H,14-15,17-19H2,1-7H3/t22-,25+/m1/s1. The van der Waals surface area contributed by atoms with Crippen molar-refractivity contribution in [2.75, 3.05) is 32.1 Å². The zero-order chi connectivity index (χ0) is 29.2. The first-order valence-electron chi connectivity index (χ1n) is 13.8. The molecule has 2 heterocycles. The lowest BCUT2D eigenvalue weighted by atomic mass is 9.80. The van der Waals surface area contributed by atoms with Gasteiger partial charge in [0.15, 0.2) is 0 Å². The largest absolute Gasteiger partial charge is 0.497 e. The van der Waals surface area contributed by atoms with Crippen LogP contribution in [0.3, 0.4) is 0 Å². The maximum atomic E-state index is 13.0. The molecular formula is C31H41N3O6. The van der Waals surface area contributed by atoms with Crippen molar-refractivity contribution in [2.24, 2.45) is 5.92 Å². The van der Waals surface area contributed by atoms with Crippen molar-refractivity contribution >= 4 is 23.8 Å². The molecular weight excluding hydrogens is 510 g/mol. The molecule has 2 aliphatic heterocycles. The van der Waals surface area contributed by atoms with Crippen LogP contribution in [0.5, 0.6) is 5.75 Å². The summed E-state index contributed by atoms with van der Waals surface area (Å²) in [4.78, 5) is 41.4. The van der Waals surface area contributed by atoms with E-state index < -0.39 is 17.3 Å². The second-order valence-corrected chi connectivity index (χ2v) is 12.5. The lowest BCUT2D eigenvalue weighted by Gasteiger charge is -2.39. The van der Waals surface area contributed by atoms with E-state index in [0.717, 1.165) is 28.3 Å². The van der Waals surface area contributed by atoms with Gasteiger partial charge in [0.05, 0.1) is 13.7 Å². The summed E-state index contributed by atoms with van der Waals surface area (Å²) in [6, 6.07) is 13.7. The van der Waals surface area contributed by atoms with E-state index in [-0.39, 0.29) is 30.4 Å². The van der Waals surface area contributed by atoms with Crippen LogP contribution in [0.1, 0.15) is 75.4 Å². The van der Waals surface area contributed by atoms with Gasteiger partial charge in [-0.2, -0.15) is 0 Å². The third-order valence-corrected chi connectivity index (χ3v) is 7.03. The Labute approximate surface area is 236 Å². The van der Waals surface area contributed by atoms with E-state index in [4.69, 9.17) is 14.2 Å². The van der Waals surface area contributed by atoms with Gasteiger partial charge in [-0.15, -0.1) is 0 Å². The molecule has 0 unspecified atom stereocenters. The molecule has 9 heteroatoms. The molecule has 0 aliphatic carbocycles. The van der Waals surface area contributed by atoms with Crippen molar-refractivity contribution in [3.63, 3.8) is 0 Å². The lowest BCUT2D eigenvalue weighted by molar-refractivity contribution is 0.0150. The number of carbonyl (C=O) groups excluding carboxylic acids is 3. The molecule has 0 saturated carbocycles. The molecule has 216 valence electrons. The number of anilines is 1. The predicted octanol–water partition coefficient (Wildman–Crippen LogP) is 6.04. The van der Waals surface area contributed by atoms with Gasteiger partial charge >= 0.3 is 12.2 Å². The van der Waals surface area contributed by atoms with Gasteiger partial charge in [-0.1, -0.05) is 18.2 Å². The fraction of sp³-hybridized carbons (Fsp3) is 0.516. The average Bonchev–Trinajstić information content (AvgIpc) is 3.21. The number of hydrogen-bond donors (Lipinski definition) is 1. The summed E-state index contributed by atoms with van der Waals surface area (Å²) < 4.78 is 16.4. The topological polar surface area (TPSA) is 97.4 Å². The van der Waals surface area contributed by atoms with E-state index >= 15 is 0 Å². The fourth-order valence-corrected chi connectivity index (χ4v) is 5.15. The van der Waals surface area contributed by atoms with Crippen LogP contribution >= 0.6 is 0 Å². The van der Waals surface area contributed by atoms with Gasteiger partial charge in [-0.05, 0) is 89.3 Å². The molecule has 4 rings (SSSR count). The third-order valence-electron chi connectivity index (χ3n) is 7.03. The molecule has 2 aromatic carbocycles. The number of imide groups is 1. The zero-order valence-corrected chi connectivity index (χ0v) is 24.6. The lowest BCUT2D eigenvalue weighted by Crippen LogP contribution is -2.46. The SMILES string of the molecule is COc1ccc([C@@H]2CCN(C(=O)OC(C)(C)C)C[C@H]2CNc2ccc3c(c2)C(=O)N(C(=O)OC(C)(C)C)C3)cc1. The molecule has 1 fully saturated rings. The summed E-state index contributed by atoms with van der Waals surface area (Å²) in [5, 5.41) is 3.49. The minimum atomic E-state index is -0.688. The Kier molecular flexibility index (Phi) is 8.33. The van der Waals surface area contributed by atoms with Crippen molar-refractivity contribution in [2.45, 2.75) is 71.6 Å². The van der Waals surface area contributed by atoms with Gasteiger partial charge in [0.1, 0.15) is 17.0 Å². The normalized spacial score (nSPS) is 19.2. The Hall–Kier alpha value is -3.75. The first-order valence-corrected chi connectivity index (χ1v) is 13.8. The van der Waals surface area contributed by atoms with E-state index in [2.05, 4.69) is 17.4 Å². The predicted molar refractivity (Wildman–Crippen MR) is 153 cm³/mol. The molecule has 0 spiro atoms. The summed E-state index contributed by atoms with van der Waals surface area (Å²) in [5.74, 6) is 0.748. The number of nitrogens with one attached hydrogen (secondary N) is 1. The van der Waals surface area contributed by atoms with Crippen LogP contribution in [0.15, 0.2) is 42.5 Å². The Balaban J connectivity index is 1.49. The number of piperidine rings is 1. The van der Waals surface area contributed by atoms with Crippen molar-refractivity contribution in [3.8, 4) is 5.75 Å². The van der Waals surface area contributed by atoms with Gasteiger partial charge in [0.2, 0.25) is 0 Å². The van der Waals surface area contributed by atoms with Crippen molar-refractivity contribution in [1.82, 2.24) is 9.80 Å². The van der Waals surface area contributed by atoms with Crippen LogP contribution < -0.4 is 10.1 Å². The summed E-state index contributed by atoms with van der Waals surface area (Å²) >= 11 is 0. The van der Waals surface area contributed by atoms with Gasteiger partial charge in [-0.3, -0.25) is 4.79 Å². The van der Waals surface area contributed by atoms with Crippen molar-refractivity contribution in [1.29, 1.82) is 0 Å². The summed E-state index contributed by atoms with van der Waals surface area (Å²) in [7, 11) is 1.65.